The maximum atomic E-state index is 13.9. The molecule has 4 aromatic rings. The van der Waals surface area contributed by atoms with Crippen LogP contribution in [0.4, 0.5) is 4.39 Å². The number of nitrogens with one attached hydrogen (secondary N) is 1. The average Bonchev–Trinajstić information content (AvgIpc) is 3.13. The second-order valence-corrected chi connectivity index (χ2v) is 7.72. The van der Waals surface area contributed by atoms with E-state index in [1.54, 1.807) is 22.6 Å². The molecule has 148 valence electrons. The Morgan fingerprint density at radius 1 is 1.21 bits per heavy atom. The van der Waals surface area contributed by atoms with Gasteiger partial charge in [-0.05, 0) is 49.2 Å². The standard InChI is InChI=1S/C21H19ClFN5O/c1-11(2)10-24-21(29)13-4-7-17-18(8-13)28-19(12(3)25-17)26-27-20(28)15-9-14(23)5-6-16(15)22/h4-9,11H,10H2,1-3H3,(H,24,29). The van der Waals surface area contributed by atoms with Crippen molar-refractivity contribution in [1.82, 2.24) is 24.9 Å². The number of carbonyl (C=O) groups excluding carboxylic acids is 1. The first-order valence-corrected chi connectivity index (χ1v) is 9.62. The molecule has 0 bridgehead atoms. The third-order valence-corrected chi connectivity index (χ3v) is 4.92. The summed E-state index contributed by atoms with van der Waals surface area (Å²) in [4.78, 5) is 17.1. The highest BCUT2D eigenvalue weighted by Gasteiger charge is 2.18. The molecule has 1 amide bonds. The Labute approximate surface area is 171 Å². The van der Waals surface area contributed by atoms with Gasteiger partial charge >= 0.3 is 0 Å². The Kier molecular flexibility index (Phi) is 4.92. The van der Waals surface area contributed by atoms with Crippen molar-refractivity contribution < 1.29 is 9.18 Å². The number of halogens is 2. The number of fused-ring (bicyclic) bond motifs is 3. The van der Waals surface area contributed by atoms with E-state index in [1.807, 2.05) is 20.8 Å². The van der Waals surface area contributed by atoms with Gasteiger partial charge in [0.25, 0.3) is 5.91 Å². The zero-order valence-electron chi connectivity index (χ0n) is 16.2. The summed E-state index contributed by atoms with van der Waals surface area (Å²) in [5.74, 6) is 0.132. The molecule has 2 aromatic heterocycles. The van der Waals surface area contributed by atoms with Crippen molar-refractivity contribution in [1.29, 1.82) is 0 Å². The first-order valence-electron chi connectivity index (χ1n) is 9.24. The van der Waals surface area contributed by atoms with E-state index in [4.69, 9.17) is 11.6 Å². The minimum Gasteiger partial charge on any atom is -0.352 e. The molecule has 0 aliphatic rings. The predicted molar refractivity (Wildman–Crippen MR) is 111 cm³/mol. The van der Waals surface area contributed by atoms with Crippen LogP contribution in [0.5, 0.6) is 0 Å². The largest absolute Gasteiger partial charge is 0.352 e. The fourth-order valence-corrected chi connectivity index (χ4v) is 3.36. The average molecular weight is 412 g/mol. The number of carbonyl (C=O) groups is 1. The van der Waals surface area contributed by atoms with E-state index in [1.165, 1.54) is 18.2 Å². The molecule has 0 radical (unpaired) electrons. The van der Waals surface area contributed by atoms with Gasteiger partial charge in [0.2, 0.25) is 0 Å². The molecule has 1 N–H and O–H groups in total. The minimum atomic E-state index is -0.426. The van der Waals surface area contributed by atoms with Gasteiger partial charge in [-0.25, -0.2) is 9.37 Å². The van der Waals surface area contributed by atoms with Crippen LogP contribution >= 0.6 is 11.6 Å². The third-order valence-electron chi connectivity index (χ3n) is 4.59. The topological polar surface area (TPSA) is 72.2 Å². The van der Waals surface area contributed by atoms with Crippen molar-refractivity contribution >= 4 is 34.2 Å². The van der Waals surface area contributed by atoms with Crippen molar-refractivity contribution in [2.75, 3.05) is 6.54 Å². The molecular formula is C21H19ClFN5O. The highest BCUT2D eigenvalue weighted by molar-refractivity contribution is 6.33. The number of hydrogen-bond donors (Lipinski definition) is 1. The van der Waals surface area contributed by atoms with Gasteiger partial charge in [-0.3, -0.25) is 9.20 Å². The van der Waals surface area contributed by atoms with E-state index in [-0.39, 0.29) is 5.91 Å². The molecule has 4 rings (SSSR count). The molecule has 0 unspecified atom stereocenters. The SMILES string of the molecule is Cc1nc2ccc(C(=O)NCC(C)C)cc2n2c(-c3cc(F)ccc3Cl)nnc12. The van der Waals surface area contributed by atoms with Gasteiger partial charge in [-0.1, -0.05) is 25.4 Å². The fraction of sp³-hybridized carbons (Fsp3) is 0.238. The quantitative estimate of drug-likeness (QED) is 0.539. The fourth-order valence-electron chi connectivity index (χ4n) is 3.16. The van der Waals surface area contributed by atoms with E-state index in [2.05, 4.69) is 20.5 Å². The lowest BCUT2D eigenvalue weighted by molar-refractivity contribution is 0.0949. The van der Waals surface area contributed by atoms with Gasteiger partial charge in [0.15, 0.2) is 11.5 Å². The second kappa shape index (κ2) is 7.40. The Morgan fingerprint density at radius 2 is 2.00 bits per heavy atom. The second-order valence-electron chi connectivity index (χ2n) is 7.31. The van der Waals surface area contributed by atoms with Gasteiger partial charge in [-0.15, -0.1) is 10.2 Å². The van der Waals surface area contributed by atoms with E-state index in [0.29, 0.717) is 56.8 Å². The van der Waals surface area contributed by atoms with Crippen LogP contribution in [-0.4, -0.2) is 32.0 Å². The third kappa shape index (κ3) is 3.53. The molecule has 0 fully saturated rings. The lowest BCUT2D eigenvalue weighted by atomic mass is 10.1. The molecule has 0 saturated carbocycles. The van der Waals surface area contributed by atoms with Crippen molar-refractivity contribution in [3.8, 4) is 11.4 Å². The monoisotopic (exact) mass is 411 g/mol. The van der Waals surface area contributed by atoms with Crippen LogP contribution in [0.2, 0.25) is 5.02 Å². The number of nitrogens with zero attached hydrogens (tertiary/aromatic N) is 4. The summed E-state index contributed by atoms with van der Waals surface area (Å²) >= 11 is 6.30. The summed E-state index contributed by atoms with van der Waals surface area (Å²) in [6, 6.07) is 9.34. The van der Waals surface area contributed by atoms with Crippen LogP contribution in [0.3, 0.4) is 0 Å². The zero-order chi connectivity index (χ0) is 20.7. The molecule has 0 saturated heterocycles. The predicted octanol–water partition coefficient (Wildman–Crippen LogP) is 4.43. The van der Waals surface area contributed by atoms with E-state index < -0.39 is 5.82 Å². The maximum absolute atomic E-state index is 13.9. The lowest BCUT2D eigenvalue weighted by Crippen LogP contribution is -2.27. The number of hydrogen-bond acceptors (Lipinski definition) is 4. The number of rotatable bonds is 4. The van der Waals surface area contributed by atoms with E-state index in [9.17, 15) is 9.18 Å². The summed E-state index contributed by atoms with van der Waals surface area (Å²) in [5.41, 5.74) is 3.41. The highest BCUT2D eigenvalue weighted by atomic mass is 35.5. The van der Waals surface area contributed by atoms with Crippen molar-refractivity contribution in [2.24, 2.45) is 5.92 Å². The molecule has 0 aliphatic carbocycles. The van der Waals surface area contributed by atoms with Crippen LogP contribution < -0.4 is 5.32 Å². The molecule has 0 atom stereocenters. The van der Waals surface area contributed by atoms with Crippen LogP contribution in [0.15, 0.2) is 36.4 Å². The summed E-state index contributed by atoms with van der Waals surface area (Å²) < 4.78 is 15.6. The highest BCUT2D eigenvalue weighted by Crippen LogP contribution is 2.30. The lowest BCUT2D eigenvalue weighted by Gasteiger charge is -2.11. The van der Waals surface area contributed by atoms with Gasteiger partial charge in [-0.2, -0.15) is 0 Å². The number of amides is 1. The van der Waals surface area contributed by atoms with Crippen LogP contribution in [0, 0.1) is 18.7 Å². The number of aromatic nitrogens is 4. The molecule has 2 heterocycles. The summed E-state index contributed by atoms with van der Waals surface area (Å²) in [5, 5.41) is 11.7. The molecular weight excluding hydrogens is 393 g/mol. The van der Waals surface area contributed by atoms with Crippen LogP contribution in [0.25, 0.3) is 28.1 Å². The molecule has 2 aromatic carbocycles. The maximum Gasteiger partial charge on any atom is 0.251 e. The van der Waals surface area contributed by atoms with Crippen LogP contribution in [0.1, 0.15) is 29.9 Å². The first kappa shape index (κ1) is 19.3. The smallest absolute Gasteiger partial charge is 0.251 e. The first-order chi connectivity index (χ1) is 13.8. The van der Waals surface area contributed by atoms with E-state index >= 15 is 0 Å². The van der Waals surface area contributed by atoms with Crippen molar-refractivity contribution in [2.45, 2.75) is 20.8 Å². The molecule has 8 heteroatoms. The van der Waals surface area contributed by atoms with Gasteiger partial charge in [0.1, 0.15) is 5.82 Å². The van der Waals surface area contributed by atoms with Gasteiger partial charge < -0.3 is 5.32 Å². The Bertz CT molecular complexity index is 1250. The minimum absolute atomic E-state index is 0.173. The molecule has 29 heavy (non-hydrogen) atoms. The number of benzene rings is 2. The number of aryl methyl sites for hydroxylation is 1. The summed E-state index contributed by atoms with van der Waals surface area (Å²) in [6.07, 6.45) is 0. The summed E-state index contributed by atoms with van der Waals surface area (Å²) in [7, 11) is 0. The van der Waals surface area contributed by atoms with Crippen LogP contribution in [-0.2, 0) is 0 Å². The van der Waals surface area contributed by atoms with Crippen molar-refractivity contribution in [3.05, 3.63) is 58.5 Å². The van der Waals surface area contributed by atoms with Gasteiger partial charge in [0, 0.05) is 17.7 Å². The van der Waals surface area contributed by atoms with Gasteiger partial charge in [0.05, 0.1) is 21.7 Å². The molecule has 0 spiro atoms. The Morgan fingerprint density at radius 3 is 2.76 bits per heavy atom. The molecule has 0 aliphatic heterocycles. The van der Waals surface area contributed by atoms with E-state index in [0.717, 1.165) is 0 Å². The Balaban J connectivity index is 1.95. The van der Waals surface area contributed by atoms with Crippen molar-refractivity contribution in [3.63, 3.8) is 0 Å². The summed E-state index contributed by atoms with van der Waals surface area (Å²) in [6.45, 7) is 6.46. The normalized spacial score (nSPS) is 11.5. The zero-order valence-corrected chi connectivity index (χ0v) is 17.0. The molecule has 6 nitrogen and oxygen atoms in total. The Hall–Kier alpha value is -3.06.